The van der Waals surface area contributed by atoms with Crippen molar-refractivity contribution in [1.29, 1.82) is 0 Å². The van der Waals surface area contributed by atoms with Crippen molar-refractivity contribution in [2.45, 2.75) is 13.0 Å². The van der Waals surface area contributed by atoms with E-state index >= 15 is 0 Å². The van der Waals surface area contributed by atoms with Gasteiger partial charge in [0.15, 0.2) is 17.5 Å². The summed E-state index contributed by atoms with van der Waals surface area (Å²) in [6.45, 7) is 1.74. The molecular formula is C17H21IN4O2. The van der Waals surface area contributed by atoms with Crippen molar-refractivity contribution in [3.63, 3.8) is 0 Å². The van der Waals surface area contributed by atoms with E-state index in [2.05, 4.69) is 20.6 Å². The van der Waals surface area contributed by atoms with E-state index in [-0.39, 0.29) is 24.0 Å². The molecular weight excluding hydrogens is 419 g/mol. The second-order valence-corrected chi connectivity index (χ2v) is 5.11. The molecule has 1 aromatic carbocycles. The number of pyridine rings is 1. The largest absolute Gasteiger partial charge is 0.454 e. The zero-order valence-electron chi connectivity index (χ0n) is 13.5. The van der Waals surface area contributed by atoms with Crippen LogP contribution in [0.1, 0.15) is 11.3 Å². The molecule has 2 heterocycles. The highest BCUT2D eigenvalue weighted by Crippen LogP contribution is 2.32. The number of ether oxygens (including phenoxy) is 2. The van der Waals surface area contributed by atoms with Crippen molar-refractivity contribution < 1.29 is 9.47 Å². The van der Waals surface area contributed by atoms with Crippen LogP contribution in [0.25, 0.3) is 0 Å². The van der Waals surface area contributed by atoms with Gasteiger partial charge in [-0.2, -0.15) is 0 Å². The number of aromatic nitrogens is 1. The fourth-order valence-corrected chi connectivity index (χ4v) is 2.31. The highest BCUT2D eigenvalue weighted by atomic mass is 127. The predicted molar refractivity (Wildman–Crippen MR) is 104 cm³/mol. The Morgan fingerprint density at radius 2 is 2.04 bits per heavy atom. The van der Waals surface area contributed by atoms with Crippen LogP contribution in [0.3, 0.4) is 0 Å². The second kappa shape index (κ2) is 9.31. The third-order valence-corrected chi connectivity index (χ3v) is 3.52. The summed E-state index contributed by atoms with van der Waals surface area (Å²) < 4.78 is 10.7. The zero-order valence-corrected chi connectivity index (χ0v) is 15.8. The lowest BCUT2D eigenvalue weighted by Gasteiger charge is -2.12. The Hall–Kier alpha value is -2.03. The van der Waals surface area contributed by atoms with E-state index in [0.29, 0.717) is 13.3 Å². The van der Waals surface area contributed by atoms with Crippen LogP contribution in [0.5, 0.6) is 11.5 Å². The molecule has 1 aliphatic heterocycles. The number of halogens is 1. The minimum absolute atomic E-state index is 0. The molecule has 0 saturated carbocycles. The molecule has 24 heavy (non-hydrogen) atoms. The number of fused-ring (bicyclic) bond motifs is 1. The van der Waals surface area contributed by atoms with E-state index in [1.165, 1.54) is 0 Å². The molecule has 3 rings (SSSR count). The number of benzene rings is 1. The highest BCUT2D eigenvalue weighted by Gasteiger charge is 2.13. The van der Waals surface area contributed by atoms with E-state index < -0.39 is 0 Å². The van der Waals surface area contributed by atoms with Gasteiger partial charge in [-0.05, 0) is 29.8 Å². The van der Waals surface area contributed by atoms with Gasteiger partial charge in [0.05, 0.1) is 0 Å². The summed E-state index contributed by atoms with van der Waals surface area (Å²) in [5.74, 6) is 2.35. The molecule has 2 N–H and O–H groups in total. The van der Waals surface area contributed by atoms with E-state index in [4.69, 9.17) is 9.47 Å². The molecule has 0 atom stereocenters. The van der Waals surface area contributed by atoms with Gasteiger partial charge in [0, 0.05) is 38.4 Å². The van der Waals surface area contributed by atoms with Gasteiger partial charge >= 0.3 is 0 Å². The topological polar surface area (TPSA) is 67.8 Å². The van der Waals surface area contributed by atoms with Crippen molar-refractivity contribution in [3.8, 4) is 11.5 Å². The first-order chi connectivity index (χ1) is 11.3. The third-order valence-electron chi connectivity index (χ3n) is 3.52. The average Bonchev–Trinajstić information content (AvgIpc) is 3.06. The zero-order chi connectivity index (χ0) is 15.9. The summed E-state index contributed by atoms with van der Waals surface area (Å²) in [5, 5.41) is 6.57. The Kier molecular flexibility index (Phi) is 7.10. The molecule has 0 amide bonds. The second-order valence-electron chi connectivity index (χ2n) is 5.11. The van der Waals surface area contributed by atoms with Gasteiger partial charge in [-0.25, -0.2) is 0 Å². The molecule has 6 nitrogen and oxygen atoms in total. The maximum Gasteiger partial charge on any atom is 0.231 e. The maximum absolute atomic E-state index is 5.38. The molecule has 0 spiro atoms. The molecule has 0 bridgehead atoms. The number of nitrogens with zero attached hydrogens (tertiary/aromatic N) is 2. The number of hydrogen-bond acceptors (Lipinski definition) is 4. The molecule has 7 heteroatoms. The molecule has 1 aromatic heterocycles. The molecule has 0 unspecified atom stereocenters. The molecule has 2 aromatic rings. The number of rotatable bonds is 5. The lowest BCUT2D eigenvalue weighted by molar-refractivity contribution is 0.174. The van der Waals surface area contributed by atoms with E-state index in [0.717, 1.165) is 41.7 Å². The summed E-state index contributed by atoms with van der Waals surface area (Å²) in [7, 11) is 1.76. The van der Waals surface area contributed by atoms with Crippen LogP contribution in [0.2, 0.25) is 0 Å². The van der Waals surface area contributed by atoms with Crippen molar-refractivity contribution in [1.82, 2.24) is 15.6 Å². The van der Waals surface area contributed by atoms with Gasteiger partial charge in [0.2, 0.25) is 6.79 Å². The molecule has 1 aliphatic rings. The summed E-state index contributed by atoms with van der Waals surface area (Å²) in [6, 6.07) is 11.9. The lowest BCUT2D eigenvalue weighted by Crippen LogP contribution is -2.37. The van der Waals surface area contributed by atoms with Crippen LogP contribution in [-0.2, 0) is 13.0 Å². The number of aliphatic imine (C=N–C) groups is 1. The first-order valence-corrected chi connectivity index (χ1v) is 7.58. The molecule has 0 fully saturated rings. The van der Waals surface area contributed by atoms with Crippen molar-refractivity contribution >= 4 is 29.9 Å². The lowest BCUT2D eigenvalue weighted by atomic mass is 10.2. The molecule has 0 radical (unpaired) electrons. The first-order valence-electron chi connectivity index (χ1n) is 7.58. The van der Waals surface area contributed by atoms with Crippen LogP contribution in [0, 0.1) is 0 Å². The van der Waals surface area contributed by atoms with Crippen LogP contribution in [0.4, 0.5) is 0 Å². The first kappa shape index (κ1) is 18.3. The van der Waals surface area contributed by atoms with E-state index in [1.807, 2.05) is 42.6 Å². The molecule has 0 aliphatic carbocycles. The minimum Gasteiger partial charge on any atom is -0.454 e. The van der Waals surface area contributed by atoms with Gasteiger partial charge in [0.25, 0.3) is 0 Å². The summed E-state index contributed by atoms with van der Waals surface area (Å²) >= 11 is 0. The van der Waals surface area contributed by atoms with Gasteiger partial charge < -0.3 is 20.1 Å². The average molecular weight is 440 g/mol. The Labute approximate surface area is 158 Å². The summed E-state index contributed by atoms with van der Waals surface area (Å²) in [6.07, 6.45) is 2.66. The standard InChI is InChI=1S/C17H20N4O2.HI/c1-18-17(20-9-7-14-4-2-3-8-19-14)21-11-13-5-6-15-16(10-13)23-12-22-15;/h2-6,8,10H,7,9,11-12H2,1H3,(H2,18,20,21);1H. The fraction of sp³-hybridized carbons (Fsp3) is 0.294. The third kappa shape index (κ3) is 4.98. The molecule has 0 saturated heterocycles. The number of guanidine groups is 1. The van der Waals surface area contributed by atoms with Crippen molar-refractivity contribution in [3.05, 3.63) is 53.9 Å². The van der Waals surface area contributed by atoms with Crippen LogP contribution in [-0.4, -0.2) is 31.3 Å². The Balaban J connectivity index is 0.00000208. The van der Waals surface area contributed by atoms with E-state index in [9.17, 15) is 0 Å². The predicted octanol–water partition coefficient (Wildman–Crippen LogP) is 2.34. The molecule has 128 valence electrons. The fourth-order valence-electron chi connectivity index (χ4n) is 2.31. The minimum atomic E-state index is 0. The normalized spacial score (nSPS) is 12.5. The van der Waals surface area contributed by atoms with Crippen LogP contribution in [0.15, 0.2) is 47.6 Å². The van der Waals surface area contributed by atoms with Gasteiger partial charge in [0.1, 0.15) is 0 Å². The van der Waals surface area contributed by atoms with Gasteiger partial charge in [-0.1, -0.05) is 12.1 Å². The maximum atomic E-state index is 5.38. The van der Waals surface area contributed by atoms with Crippen molar-refractivity contribution in [2.75, 3.05) is 20.4 Å². The van der Waals surface area contributed by atoms with Crippen LogP contribution >= 0.6 is 24.0 Å². The smallest absolute Gasteiger partial charge is 0.231 e. The summed E-state index contributed by atoms with van der Waals surface area (Å²) in [4.78, 5) is 8.53. The van der Waals surface area contributed by atoms with Gasteiger partial charge in [-0.3, -0.25) is 9.98 Å². The Morgan fingerprint density at radius 1 is 1.17 bits per heavy atom. The number of hydrogen-bond donors (Lipinski definition) is 2. The van der Waals surface area contributed by atoms with Crippen molar-refractivity contribution in [2.24, 2.45) is 4.99 Å². The van der Waals surface area contributed by atoms with Crippen LogP contribution < -0.4 is 20.1 Å². The Bertz CT molecular complexity index is 680. The number of nitrogens with one attached hydrogen (secondary N) is 2. The quantitative estimate of drug-likeness (QED) is 0.425. The summed E-state index contributed by atoms with van der Waals surface area (Å²) in [5.41, 5.74) is 2.17. The SMILES string of the molecule is CN=C(NCCc1ccccn1)NCc1ccc2c(c1)OCO2.I. The monoisotopic (exact) mass is 440 g/mol. The van der Waals surface area contributed by atoms with E-state index in [1.54, 1.807) is 7.05 Å². The Morgan fingerprint density at radius 3 is 2.83 bits per heavy atom. The highest BCUT2D eigenvalue weighted by molar-refractivity contribution is 14.0. The van der Waals surface area contributed by atoms with Gasteiger partial charge in [-0.15, -0.1) is 24.0 Å².